The van der Waals surface area contributed by atoms with E-state index in [4.69, 9.17) is 4.74 Å². The largest absolute Gasteiger partial charge is 0.466 e. The second-order valence-electron chi connectivity index (χ2n) is 5.32. The van der Waals surface area contributed by atoms with Crippen LogP contribution < -0.4 is 11.2 Å². The zero-order valence-corrected chi connectivity index (χ0v) is 13.7. The normalized spacial score (nSPS) is 19.5. The van der Waals surface area contributed by atoms with Gasteiger partial charge in [0, 0.05) is 18.8 Å². The standard InChI is InChI=1S/C13H19N3O6S/c1-3-22-12(18)9-5-4-6-16(7-9)23(20,21)10-8(2)14-13(19)15-11(10)17/h9H,3-7H2,1-2H3,(H2,14,15,17,19)/t9-/m1/s1. The molecule has 1 aliphatic rings. The summed E-state index contributed by atoms with van der Waals surface area (Å²) in [6, 6.07) is 0. The number of piperidine rings is 1. The van der Waals surface area contributed by atoms with Crippen molar-refractivity contribution >= 4 is 16.0 Å². The first-order chi connectivity index (χ1) is 10.8. The van der Waals surface area contributed by atoms with E-state index in [0.29, 0.717) is 12.8 Å². The van der Waals surface area contributed by atoms with Gasteiger partial charge in [-0.15, -0.1) is 0 Å². The molecule has 0 radical (unpaired) electrons. The molecule has 23 heavy (non-hydrogen) atoms. The minimum absolute atomic E-state index is 0.0305. The zero-order valence-electron chi connectivity index (χ0n) is 12.9. The van der Waals surface area contributed by atoms with E-state index in [0.717, 1.165) is 4.31 Å². The topological polar surface area (TPSA) is 129 Å². The fourth-order valence-electron chi connectivity index (χ4n) is 2.64. The van der Waals surface area contributed by atoms with Gasteiger partial charge in [-0.2, -0.15) is 4.31 Å². The molecule has 128 valence electrons. The van der Waals surface area contributed by atoms with Gasteiger partial charge < -0.3 is 9.72 Å². The number of ether oxygens (including phenoxy) is 1. The third-order valence-electron chi connectivity index (χ3n) is 3.68. The van der Waals surface area contributed by atoms with Gasteiger partial charge in [0.2, 0.25) is 10.0 Å². The third-order valence-corrected chi connectivity index (χ3v) is 5.70. The van der Waals surface area contributed by atoms with Crippen molar-refractivity contribution in [2.24, 2.45) is 5.92 Å². The molecular formula is C13H19N3O6S. The van der Waals surface area contributed by atoms with Crippen LogP contribution in [0.5, 0.6) is 0 Å². The molecule has 1 aromatic rings. The molecule has 1 saturated heterocycles. The lowest BCUT2D eigenvalue weighted by Gasteiger charge is -2.30. The van der Waals surface area contributed by atoms with Crippen LogP contribution in [0.4, 0.5) is 0 Å². The Balaban J connectivity index is 2.35. The van der Waals surface area contributed by atoms with E-state index in [-0.39, 0.29) is 25.4 Å². The van der Waals surface area contributed by atoms with Crippen molar-refractivity contribution in [1.82, 2.24) is 14.3 Å². The number of hydrogen-bond acceptors (Lipinski definition) is 6. The Morgan fingerprint density at radius 1 is 1.35 bits per heavy atom. The molecule has 9 nitrogen and oxygen atoms in total. The molecule has 2 N–H and O–H groups in total. The van der Waals surface area contributed by atoms with Crippen molar-refractivity contribution in [2.45, 2.75) is 31.6 Å². The second kappa shape index (κ2) is 6.67. The zero-order chi connectivity index (χ0) is 17.2. The minimum Gasteiger partial charge on any atom is -0.466 e. The second-order valence-corrected chi connectivity index (χ2v) is 7.19. The lowest BCUT2D eigenvalue weighted by atomic mass is 10.0. The van der Waals surface area contributed by atoms with Crippen molar-refractivity contribution in [3.8, 4) is 0 Å². The first-order valence-corrected chi connectivity index (χ1v) is 8.71. The number of rotatable bonds is 4. The Morgan fingerprint density at radius 2 is 2.04 bits per heavy atom. The Bertz CT molecular complexity index is 810. The molecule has 10 heteroatoms. The molecule has 1 atom stereocenters. The van der Waals surface area contributed by atoms with Crippen molar-refractivity contribution in [3.63, 3.8) is 0 Å². The van der Waals surface area contributed by atoms with Crippen LogP contribution in [0.15, 0.2) is 14.5 Å². The smallest absolute Gasteiger partial charge is 0.325 e. The number of sulfonamides is 1. The van der Waals surface area contributed by atoms with E-state index >= 15 is 0 Å². The van der Waals surface area contributed by atoms with Gasteiger partial charge in [-0.1, -0.05) is 0 Å². The van der Waals surface area contributed by atoms with E-state index in [1.165, 1.54) is 6.92 Å². The Morgan fingerprint density at radius 3 is 2.65 bits per heavy atom. The number of H-pyrrole nitrogens is 2. The van der Waals surface area contributed by atoms with E-state index in [1.54, 1.807) is 6.92 Å². The van der Waals surface area contributed by atoms with E-state index in [2.05, 4.69) is 4.98 Å². The number of hydrogen-bond donors (Lipinski definition) is 2. The molecule has 2 heterocycles. The first-order valence-electron chi connectivity index (χ1n) is 7.27. The summed E-state index contributed by atoms with van der Waals surface area (Å²) in [5.41, 5.74) is -1.77. The van der Waals surface area contributed by atoms with Crippen LogP contribution in [-0.2, 0) is 19.6 Å². The molecule has 0 amide bonds. The number of carbonyl (C=O) groups excluding carboxylic acids is 1. The summed E-state index contributed by atoms with van der Waals surface area (Å²) >= 11 is 0. The number of aromatic amines is 2. The number of nitrogens with zero attached hydrogens (tertiary/aromatic N) is 1. The number of nitrogens with one attached hydrogen (secondary N) is 2. The molecule has 1 aliphatic heterocycles. The monoisotopic (exact) mass is 345 g/mol. The van der Waals surface area contributed by atoms with Crippen molar-refractivity contribution < 1.29 is 17.9 Å². The van der Waals surface area contributed by atoms with Crippen molar-refractivity contribution in [1.29, 1.82) is 0 Å². The summed E-state index contributed by atoms with van der Waals surface area (Å²) < 4.78 is 31.4. The lowest BCUT2D eigenvalue weighted by molar-refractivity contribution is -0.149. The van der Waals surface area contributed by atoms with Crippen LogP contribution in [0.2, 0.25) is 0 Å². The predicted molar refractivity (Wildman–Crippen MR) is 80.5 cm³/mol. The third kappa shape index (κ3) is 3.53. The maximum absolute atomic E-state index is 12.7. The molecule has 0 bridgehead atoms. The van der Waals surface area contributed by atoms with Crippen molar-refractivity contribution in [2.75, 3.05) is 19.7 Å². The summed E-state index contributed by atoms with van der Waals surface area (Å²) in [5, 5.41) is 0. The van der Waals surface area contributed by atoms with Crippen LogP contribution in [0, 0.1) is 12.8 Å². The molecule has 0 aromatic carbocycles. The molecule has 0 saturated carbocycles. The number of aromatic nitrogens is 2. The summed E-state index contributed by atoms with van der Waals surface area (Å²) in [6.45, 7) is 3.41. The molecule has 0 aliphatic carbocycles. The molecule has 1 aromatic heterocycles. The Labute approximate surface area is 132 Å². The summed E-state index contributed by atoms with van der Waals surface area (Å²) in [7, 11) is -4.11. The fourth-order valence-corrected chi connectivity index (χ4v) is 4.37. The number of esters is 1. The Kier molecular flexibility index (Phi) is 5.05. The molecule has 2 rings (SSSR count). The van der Waals surface area contributed by atoms with Gasteiger partial charge >= 0.3 is 11.7 Å². The average molecular weight is 345 g/mol. The van der Waals surface area contributed by atoms with E-state index in [1.807, 2.05) is 4.98 Å². The highest BCUT2D eigenvalue weighted by atomic mass is 32.2. The first kappa shape index (κ1) is 17.4. The highest BCUT2D eigenvalue weighted by Gasteiger charge is 2.36. The highest BCUT2D eigenvalue weighted by molar-refractivity contribution is 7.89. The molecular weight excluding hydrogens is 326 g/mol. The van der Waals surface area contributed by atoms with Crippen LogP contribution in [0.25, 0.3) is 0 Å². The summed E-state index contributed by atoms with van der Waals surface area (Å²) in [5.74, 6) is -1.000. The van der Waals surface area contributed by atoms with Gasteiger partial charge in [-0.05, 0) is 26.7 Å². The van der Waals surface area contributed by atoms with Gasteiger partial charge in [0.05, 0.1) is 12.5 Å². The van der Waals surface area contributed by atoms with E-state index in [9.17, 15) is 22.8 Å². The van der Waals surface area contributed by atoms with Gasteiger partial charge in [-0.3, -0.25) is 14.6 Å². The van der Waals surface area contributed by atoms with Gasteiger partial charge in [-0.25, -0.2) is 13.2 Å². The predicted octanol–water partition coefficient (Wildman–Crippen LogP) is -0.665. The maximum Gasteiger partial charge on any atom is 0.325 e. The molecule has 0 unspecified atom stereocenters. The van der Waals surface area contributed by atoms with E-state index < -0.39 is 38.1 Å². The minimum atomic E-state index is -4.11. The van der Waals surface area contributed by atoms with Crippen molar-refractivity contribution in [3.05, 3.63) is 26.5 Å². The maximum atomic E-state index is 12.7. The highest BCUT2D eigenvalue weighted by Crippen LogP contribution is 2.23. The molecule has 1 fully saturated rings. The Hall–Kier alpha value is -1.94. The average Bonchev–Trinajstić information content (AvgIpc) is 2.46. The van der Waals surface area contributed by atoms with Crippen LogP contribution in [0.1, 0.15) is 25.5 Å². The summed E-state index contributed by atoms with van der Waals surface area (Å²) in [6.07, 6.45) is 1.02. The quantitative estimate of drug-likeness (QED) is 0.697. The lowest BCUT2D eigenvalue weighted by Crippen LogP contribution is -2.45. The van der Waals surface area contributed by atoms with Crippen LogP contribution in [-0.4, -0.2) is 48.4 Å². The molecule has 0 spiro atoms. The van der Waals surface area contributed by atoms with Crippen LogP contribution >= 0.6 is 0 Å². The SMILES string of the molecule is CCOC(=O)[C@@H]1CCCN(S(=O)(=O)c2c(C)[nH]c(=O)[nH]c2=O)C1. The van der Waals surface area contributed by atoms with Gasteiger partial charge in [0.15, 0.2) is 4.90 Å². The fraction of sp³-hybridized carbons (Fsp3) is 0.615. The summed E-state index contributed by atoms with van der Waals surface area (Å²) in [4.78, 5) is 38.6. The number of carbonyl (C=O) groups is 1. The number of aryl methyl sites for hydroxylation is 1. The van der Waals surface area contributed by atoms with Gasteiger partial charge in [0.1, 0.15) is 0 Å². The van der Waals surface area contributed by atoms with Gasteiger partial charge in [0.25, 0.3) is 5.56 Å². The van der Waals surface area contributed by atoms with Crippen LogP contribution in [0.3, 0.4) is 0 Å².